The summed E-state index contributed by atoms with van der Waals surface area (Å²) in [5.74, 6) is 2.36. The van der Waals surface area contributed by atoms with Gasteiger partial charge in [0.05, 0.1) is 19.9 Å². The number of hydrogen-bond donors (Lipinski definition) is 0. The van der Waals surface area contributed by atoms with Gasteiger partial charge in [0.25, 0.3) is 0 Å². The molecule has 0 saturated heterocycles. The Morgan fingerprint density at radius 3 is 2.52 bits per heavy atom. The normalized spacial score (nSPS) is 18.1. The van der Waals surface area contributed by atoms with Gasteiger partial charge in [0.2, 0.25) is 0 Å². The lowest BCUT2D eigenvalue weighted by Crippen LogP contribution is -2.47. The van der Waals surface area contributed by atoms with Gasteiger partial charge in [-0.2, -0.15) is 0 Å². The Morgan fingerprint density at radius 2 is 1.83 bits per heavy atom. The van der Waals surface area contributed by atoms with Crippen molar-refractivity contribution in [3.8, 4) is 11.5 Å². The average Bonchev–Trinajstić information content (AvgIpc) is 2.74. The van der Waals surface area contributed by atoms with E-state index in [0.29, 0.717) is 5.92 Å². The third-order valence-electron chi connectivity index (χ3n) is 4.67. The molecule has 23 heavy (non-hydrogen) atoms. The van der Waals surface area contributed by atoms with Gasteiger partial charge in [-0.15, -0.1) is 0 Å². The molecular weight excluding hydrogens is 288 g/mol. The number of benzene rings is 1. The van der Waals surface area contributed by atoms with Gasteiger partial charge in [-0.25, -0.2) is 5.01 Å². The van der Waals surface area contributed by atoms with E-state index < -0.39 is 0 Å². The first-order valence-corrected chi connectivity index (χ1v) is 8.57. The summed E-state index contributed by atoms with van der Waals surface area (Å²) in [5, 5.41) is 4.93. The van der Waals surface area contributed by atoms with Crippen LogP contribution < -0.4 is 14.5 Å². The van der Waals surface area contributed by atoms with Gasteiger partial charge in [0.15, 0.2) is 11.5 Å². The molecule has 4 heteroatoms. The fourth-order valence-corrected chi connectivity index (χ4v) is 3.66. The van der Waals surface area contributed by atoms with E-state index in [0.717, 1.165) is 44.0 Å². The van der Waals surface area contributed by atoms with Crippen LogP contribution in [0.25, 0.3) is 0 Å². The van der Waals surface area contributed by atoms with Crippen LogP contribution in [0.1, 0.15) is 32.3 Å². The largest absolute Gasteiger partial charge is 0.493 e. The fourth-order valence-electron chi connectivity index (χ4n) is 3.66. The van der Waals surface area contributed by atoms with Crippen LogP contribution in [0.4, 0.5) is 5.69 Å². The molecule has 0 amide bonds. The van der Waals surface area contributed by atoms with Crippen LogP contribution in [0.3, 0.4) is 0 Å². The van der Waals surface area contributed by atoms with Crippen molar-refractivity contribution in [3.63, 3.8) is 0 Å². The quantitative estimate of drug-likeness (QED) is 0.792. The molecule has 126 valence electrons. The second-order valence-electron chi connectivity index (χ2n) is 6.85. The second-order valence-corrected chi connectivity index (χ2v) is 6.85. The van der Waals surface area contributed by atoms with Crippen molar-refractivity contribution in [2.45, 2.75) is 33.1 Å². The topological polar surface area (TPSA) is 24.9 Å². The smallest absolute Gasteiger partial charge is 0.162 e. The summed E-state index contributed by atoms with van der Waals surface area (Å²) >= 11 is 0. The molecule has 0 spiro atoms. The molecule has 2 heterocycles. The maximum Gasteiger partial charge on any atom is 0.162 e. The molecule has 2 aliphatic heterocycles. The maximum atomic E-state index is 5.50. The SMILES string of the molecule is COc1cc2c(cc1OC)N1CCC=C(CC(C)C)CN1CC2. The Bertz CT molecular complexity index is 595. The first-order chi connectivity index (χ1) is 11.1. The predicted octanol–water partition coefficient (Wildman–Crippen LogP) is 3.66. The van der Waals surface area contributed by atoms with E-state index in [4.69, 9.17) is 9.47 Å². The lowest BCUT2D eigenvalue weighted by Gasteiger charge is -2.41. The van der Waals surface area contributed by atoms with E-state index in [2.05, 4.69) is 42.1 Å². The Balaban J connectivity index is 1.87. The monoisotopic (exact) mass is 316 g/mol. The third-order valence-corrected chi connectivity index (χ3v) is 4.67. The summed E-state index contributed by atoms with van der Waals surface area (Å²) in [7, 11) is 3.41. The van der Waals surface area contributed by atoms with E-state index in [-0.39, 0.29) is 0 Å². The molecule has 0 aliphatic carbocycles. The molecule has 3 rings (SSSR count). The van der Waals surface area contributed by atoms with E-state index in [1.54, 1.807) is 19.8 Å². The summed E-state index contributed by atoms with van der Waals surface area (Å²) in [6.45, 7) is 7.74. The van der Waals surface area contributed by atoms with Crippen molar-refractivity contribution < 1.29 is 9.47 Å². The van der Waals surface area contributed by atoms with Crippen molar-refractivity contribution in [2.24, 2.45) is 5.92 Å². The summed E-state index contributed by atoms with van der Waals surface area (Å²) in [5.41, 5.74) is 4.20. The van der Waals surface area contributed by atoms with Gasteiger partial charge in [-0.3, -0.25) is 0 Å². The van der Waals surface area contributed by atoms with Crippen LogP contribution in [0.5, 0.6) is 11.5 Å². The van der Waals surface area contributed by atoms with E-state index in [1.165, 1.54) is 17.7 Å². The minimum atomic E-state index is 0.717. The second kappa shape index (κ2) is 6.83. The zero-order valence-electron chi connectivity index (χ0n) is 14.8. The molecule has 0 saturated carbocycles. The van der Waals surface area contributed by atoms with E-state index in [1.807, 2.05) is 0 Å². The summed E-state index contributed by atoms with van der Waals surface area (Å²) < 4.78 is 11.0. The number of anilines is 1. The van der Waals surface area contributed by atoms with Crippen LogP contribution in [0.15, 0.2) is 23.8 Å². The van der Waals surface area contributed by atoms with Gasteiger partial charge in [-0.05, 0) is 36.8 Å². The van der Waals surface area contributed by atoms with Crippen molar-refractivity contribution >= 4 is 5.69 Å². The van der Waals surface area contributed by atoms with Gasteiger partial charge in [0, 0.05) is 25.7 Å². The number of methoxy groups -OCH3 is 2. The molecule has 0 atom stereocenters. The minimum Gasteiger partial charge on any atom is -0.493 e. The molecule has 0 bridgehead atoms. The molecule has 0 radical (unpaired) electrons. The van der Waals surface area contributed by atoms with E-state index in [9.17, 15) is 0 Å². The van der Waals surface area contributed by atoms with E-state index >= 15 is 0 Å². The van der Waals surface area contributed by atoms with Crippen molar-refractivity contribution in [2.75, 3.05) is 38.9 Å². The highest BCUT2D eigenvalue weighted by Crippen LogP contribution is 2.39. The summed E-state index contributed by atoms with van der Waals surface area (Å²) in [4.78, 5) is 0. The maximum absolute atomic E-state index is 5.50. The number of fused-ring (bicyclic) bond motifs is 3. The molecule has 0 fully saturated rings. The summed E-state index contributed by atoms with van der Waals surface area (Å²) in [6, 6.07) is 4.27. The molecule has 4 nitrogen and oxygen atoms in total. The fraction of sp³-hybridized carbons (Fsp3) is 0.579. The Morgan fingerprint density at radius 1 is 1.09 bits per heavy atom. The van der Waals surface area contributed by atoms with Crippen LogP contribution in [-0.4, -0.2) is 38.9 Å². The Labute approximate surface area is 139 Å². The summed E-state index contributed by atoms with van der Waals surface area (Å²) in [6.07, 6.45) is 5.80. The zero-order valence-corrected chi connectivity index (χ0v) is 14.8. The number of hydrazine groups is 1. The molecule has 1 aromatic carbocycles. The molecule has 2 aliphatic rings. The van der Waals surface area contributed by atoms with Crippen LogP contribution in [0.2, 0.25) is 0 Å². The van der Waals surface area contributed by atoms with Crippen molar-refractivity contribution in [1.29, 1.82) is 0 Å². The zero-order chi connectivity index (χ0) is 16.4. The van der Waals surface area contributed by atoms with Crippen molar-refractivity contribution in [1.82, 2.24) is 5.01 Å². The van der Waals surface area contributed by atoms with Crippen LogP contribution >= 0.6 is 0 Å². The highest BCUT2D eigenvalue weighted by molar-refractivity contribution is 5.63. The average molecular weight is 316 g/mol. The highest BCUT2D eigenvalue weighted by Gasteiger charge is 2.28. The van der Waals surface area contributed by atoms with Crippen LogP contribution in [0, 0.1) is 5.92 Å². The molecule has 0 N–H and O–H groups in total. The van der Waals surface area contributed by atoms with Gasteiger partial charge in [-0.1, -0.05) is 25.5 Å². The lowest BCUT2D eigenvalue weighted by atomic mass is 10.0. The Hall–Kier alpha value is -1.68. The number of ether oxygens (including phenoxy) is 2. The highest BCUT2D eigenvalue weighted by atomic mass is 16.5. The lowest BCUT2D eigenvalue weighted by molar-refractivity contribution is 0.261. The standard InChI is InChI=1S/C19H28N2O2/c1-14(2)10-15-6-5-8-21-17-12-19(23-4)18(22-3)11-16(17)7-9-20(21)13-15/h6,11-12,14H,5,7-10,13H2,1-4H3. The first kappa shape index (κ1) is 16.2. The minimum absolute atomic E-state index is 0.717. The van der Waals surface area contributed by atoms with Gasteiger partial charge < -0.3 is 14.5 Å². The number of hydrogen-bond acceptors (Lipinski definition) is 4. The molecular formula is C19H28N2O2. The predicted molar refractivity (Wildman–Crippen MR) is 94.3 cm³/mol. The van der Waals surface area contributed by atoms with Gasteiger partial charge in [0.1, 0.15) is 0 Å². The molecule has 1 aromatic rings. The molecule has 0 unspecified atom stereocenters. The first-order valence-electron chi connectivity index (χ1n) is 8.57. The third kappa shape index (κ3) is 3.32. The van der Waals surface area contributed by atoms with Crippen molar-refractivity contribution in [3.05, 3.63) is 29.3 Å². The molecule has 0 aromatic heterocycles. The number of nitrogens with zero attached hydrogens (tertiary/aromatic N) is 2. The van der Waals surface area contributed by atoms with Gasteiger partial charge >= 0.3 is 0 Å². The van der Waals surface area contributed by atoms with Crippen LogP contribution in [-0.2, 0) is 6.42 Å². The number of rotatable bonds is 4. The Kier molecular flexibility index (Phi) is 4.81.